The van der Waals surface area contributed by atoms with Gasteiger partial charge < -0.3 is 14.8 Å². The Morgan fingerprint density at radius 3 is 2.62 bits per heavy atom. The highest BCUT2D eigenvalue weighted by atomic mass is 16.6. The summed E-state index contributed by atoms with van der Waals surface area (Å²) < 4.78 is 10.5. The summed E-state index contributed by atoms with van der Waals surface area (Å²) in [7, 11) is 1.60. The quantitative estimate of drug-likeness (QED) is 0.664. The van der Waals surface area contributed by atoms with Crippen LogP contribution in [0, 0.1) is 0 Å². The lowest BCUT2D eigenvalue weighted by Crippen LogP contribution is -2.45. The number of ether oxygens (including phenoxy) is 2. The highest BCUT2D eigenvalue weighted by Gasteiger charge is 2.22. The van der Waals surface area contributed by atoms with Gasteiger partial charge in [0.25, 0.3) is 0 Å². The second-order valence-electron chi connectivity index (χ2n) is 5.21. The maximum absolute atomic E-state index is 11.1. The predicted molar refractivity (Wildman–Crippen MR) is 81.8 cm³/mol. The first-order valence-electron chi connectivity index (χ1n) is 7.46. The van der Waals surface area contributed by atoms with Crippen molar-refractivity contribution >= 4 is 5.97 Å². The molecule has 5 heteroatoms. The lowest BCUT2D eigenvalue weighted by atomic mass is 10.0. The largest absolute Gasteiger partial charge is 0.493 e. The number of piperazine rings is 1. The van der Waals surface area contributed by atoms with Gasteiger partial charge in [0, 0.05) is 39.1 Å². The molecule has 0 radical (unpaired) electrons. The molecule has 116 valence electrons. The van der Waals surface area contributed by atoms with Gasteiger partial charge in [-0.1, -0.05) is 13.0 Å². The fourth-order valence-corrected chi connectivity index (χ4v) is 2.83. The lowest BCUT2D eigenvalue weighted by Gasteiger charge is -2.35. The van der Waals surface area contributed by atoms with E-state index in [2.05, 4.69) is 17.1 Å². The predicted octanol–water partition coefficient (Wildman–Crippen LogP) is 1.98. The van der Waals surface area contributed by atoms with Crippen molar-refractivity contribution < 1.29 is 14.3 Å². The van der Waals surface area contributed by atoms with Gasteiger partial charge in [-0.05, 0) is 24.1 Å². The number of carbonyl (C=O) groups is 1. The van der Waals surface area contributed by atoms with Crippen molar-refractivity contribution in [3.05, 3.63) is 23.8 Å². The van der Waals surface area contributed by atoms with E-state index in [1.807, 2.05) is 18.2 Å². The van der Waals surface area contributed by atoms with Crippen molar-refractivity contribution in [2.45, 2.75) is 26.3 Å². The topological polar surface area (TPSA) is 50.8 Å². The number of esters is 1. The van der Waals surface area contributed by atoms with Crippen LogP contribution in [0.5, 0.6) is 11.5 Å². The number of benzene rings is 1. The molecule has 0 bridgehead atoms. The maximum Gasteiger partial charge on any atom is 0.308 e. The summed E-state index contributed by atoms with van der Waals surface area (Å²) in [5, 5.41) is 3.37. The van der Waals surface area contributed by atoms with Gasteiger partial charge in [-0.2, -0.15) is 0 Å². The van der Waals surface area contributed by atoms with E-state index in [0.717, 1.165) is 32.6 Å². The molecule has 1 heterocycles. The van der Waals surface area contributed by atoms with Crippen LogP contribution in [-0.2, 0) is 4.79 Å². The van der Waals surface area contributed by atoms with E-state index in [0.29, 0.717) is 17.5 Å². The van der Waals surface area contributed by atoms with Gasteiger partial charge >= 0.3 is 5.97 Å². The van der Waals surface area contributed by atoms with Crippen molar-refractivity contribution in [2.24, 2.45) is 0 Å². The molecule has 1 N–H and O–H groups in total. The van der Waals surface area contributed by atoms with Gasteiger partial charge in [-0.15, -0.1) is 0 Å². The summed E-state index contributed by atoms with van der Waals surface area (Å²) in [6.45, 7) is 7.74. The number of hydrogen-bond acceptors (Lipinski definition) is 5. The van der Waals surface area contributed by atoms with Gasteiger partial charge in [-0.3, -0.25) is 9.69 Å². The third-order valence-corrected chi connectivity index (χ3v) is 3.81. The number of nitrogens with zero attached hydrogens (tertiary/aromatic N) is 1. The molecule has 1 aromatic carbocycles. The van der Waals surface area contributed by atoms with Gasteiger partial charge in [-0.25, -0.2) is 0 Å². The summed E-state index contributed by atoms with van der Waals surface area (Å²) in [6.07, 6.45) is 1.04. The van der Waals surface area contributed by atoms with E-state index in [1.54, 1.807) is 7.11 Å². The second kappa shape index (κ2) is 7.43. The molecule has 1 saturated heterocycles. The minimum Gasteiger partial charge on any atom is -0.493 e. The Bertz CT molecular complexity index is 484. The monoisotopic (exact) mass is 292 g/mol. The number of carbonyl (C=O) groups excluding carboxylic acids is 1. The molecular formula is C16H24N2O3. The zero-order valence-electron chi connectivity index (χ0n) is 13.0. The highest BCUT2D eigenvalue weighted by molar-refractivity contribution is 5.70. The molecule has 0 amide bonds. The van der Waals surface area contributed by atoms with Crippen molar-refractivity contribution in [1.82, 2.24) is 10.2 Å². The van der Waals surface area contributed by atoms with Crippen LogP contribution in [0.25, 0.3) is 0 Å². The Morgan fingerprint density at radius 1 is 1.33 bits per heavy atom. The van der Waals surface area contributed by atoms with E-state index in [-0.39, 0.29) is 5.97 Å². The normalized spacial score (nSPS) is 17.3. The van der Waals surface area contributed by atoms with Crippen LogP contribution in [0.4, 0.5) is 0 Å². The molecule has 0 saturated carbocycles. The Balaban J connectivity index is 2.22. The summed E-state index contributed by atoms with van der Waals surface area (Å²) >= 11 is 0. The van der Waals surface area contributed by atoms with Crippen LogP contribution >= 0.6 is 0 Å². The van der Waals surface area contributed by atoms with E-state index in [9.17, 15) is 4.79 Å². The Hall–Kier alpha value is -1.59. The average Bonchev–Trinajstić information content (AvgIpc) is 2.50. The molecule has 5 nitrogen and oxygen atoms in total. The number of hydrogen-bond donors (Lipinski definition) is 1. The Morgan fingerprint density at radius 2 is 2.05 bits per heavy atom. The summed E-state index contributed by atoms with van der Waals surface area (Å²) in [5.74, 6) is 0.746. The molecular weight excluding hydrogens is 268 g/mol. The lowest BCUT2D eigenvalue weighted by molar-refractivity contribution is -0.132. The number of rotatable bonds is 5. The fourth-order valence-electron chi connectivity index (χ4n) is 2.83. The van der Waals surface area contributed by atoms with E-state index < -0.39 is 0 Å². The zero-order chi connectivity index (χ0) is 15.2. The van der Waals surface area contributed by atoms with Gasteiger partial charge in [0.1, 0.15) is 0 Å². The maximum atomic E-state index is 11.1. The van der Waals surface area contributed by atoms with E-state index in [1.165, 1.54) is 12.5 Å². The second-order valence-corrected chi connectivity index (χ2v) is 5.21. The fraction of sp³-hybridized carbons (Fsp3) is 0.562. The molecule has 1 aliphatic heterocycles. The van der Waals surface area contributed by atoms with Crippen LogP contribution in [0.3, 0.4) is 0 Å². The first kappa shape index (κ1) is 15.8. The molecule has 1 atom stereocenters. The molecule has 1 fully saturated rings. The number of nitrogens with one attached hydrogen (secondary N) is 1. The number of methoxy groups -OCH3 is 1. The van der Waals surface area contributed by atoms with Crippen LogP contribution < -0.4 is 14.8 Å². The van der Waals surface area contributed by atoms with E-state index >= 15 is 0 Å². The van der Waals surface area contributed by atoms with Crippen molar-refractivity contribution in [1.29, 1.82) is 0 Å². The first-order valence-corrected chi connectivity index (χ1v) is 7.46. The Kier molecular flexibility index (Phi) is 5.59. The van der Waals surface area contributed by atoms with Crippen LogP contribution in [0.2, 0.25) is 0 Å². The molecule has 1 aliphatic rings. The van der Waals surface area contributed by atoms with Crippen molar-refractivity contribution in [2.75, 3.05) is 33.3 Å². The van der Waals surface area contributed by atoms with Crippen molar-refractivity contribution in [3.8, 4) is 11.5 Å². The average molecular weight is 292 g/mol. The molecule has 0 aromatic heterocycles. The van der Waals surface area contributed by atoms with Crippen LogP contribution in [-0.4, -0.2) is 44.2 Å². The molecule has 0 aliphatic carbocycles. The summed E-state index contributed by atoms with van der Waals surface area (Å²) in [5.41, 5.74) is 1.20. The van der Waals surface area contributed by atoms with Gasteiger partial charge in [0.15, 0.2) is 11.5 Å². The first-order chi connectivity index (χ1) is 10.2. The standard InChI is InChI=1S/C16H24N2O3/c1-4-14(18-9-7-17-8-10-18)13-5-6-15(21-12(2)19)16(11-13)20-3/h5-6,11,14,17H,4,7-10H2,1-3H3/t14-/m1/s1. The molecule has 0 spiro atoms. The SMILES string of the molecule is CC[C@H](c1ccc(OC(C)=O)c(OC)c1)N1CCNCC1. The molecule has 21 heavy (non-hydrogen) atoms. The van der Waals surface area contributed by atoms with Crippen LogP contribution in [0.1, 0.15) is 31.9 Å². The minimum atomic E-state index is -0.338. The van der Waals surface area contributed by atoms with Gasteiger partial charge in [0.2, 0.25) is 0 Å². The summed E-state index contributed by atoms with van der Waals surface area (Å²) in [6, 6.07) is 6.19. The zero-order valence-corrected chi connectivity index (χ0v) is 13.0. The van der Waals surface area contributed by atoms with Crippen LogP contribution in [0.15, 0.2) is 18.2 Å². The Labute approximate surface area is 126 Å². The van der Waals surface area contributed by atoms with Crippen molar-refractivity contribution in [3.63, 3.8) is 0 Å². The third-order valence-electron chi connectivity index (χ3n) is 3.81. The van der Waals surface area contributed by atoms with E-state index in [4.69, 9.17) is 9.47 Å². The molecule has 2 rings (SSSR count). The third kappa shape index (κ3) is 3.95. The highest BCUT2D eigenvalue weighted by Crippen LogP contribution is 2.33. The summed E-state index contributed by atoms with van der Waals surface area (Å²) in [4.78, 5) is 13.6. The van der Waals surface area contributed by atoms with Gasteiger partial charge in [0.05, 0.1) is 7.11 Å². The smallest absolute Gasteiger partial charge is 0.308 e. The molecule has 0 unspecified atom stereocenters. The minimum absolute atomic E-state index is 0.338. The molecule has 1 aromatic rings.